The zero-order valence-corrected chi connectivity index (χ0v) is 8.29. The molecule has 16 heavy (non-hydrogen) atoms. The first-order valence-electron chi connectivity index (χ1n) is 3.64. The van der Waals surface area contributed by atoms with Crippen LogP contribution >= 0.6 is 0 Å². The normalized spacial score (nSPS) is 11.2. The summed E-state index contributed by atoms with van der Waals surface area (Å²) in [5.41, 5.74) is -1.86. The maximum Gasteiger partial charge on any atom is 0.307 e. The van der Waals surface area contributed by atoms with Gasteiger partial charge in [-0.1, -0.05) is 0 Å². The van der Waals surface area contributed by atoms with Crippen LogP contribution in [0.15, 0.2) is 12.1 Å². The minimum atomic E-state index is -4.29. The van der Waals surface area contributed by atoms with Gasteiger partial charge in [0.2, 0.25) is 5.82 Å². The Morgan fingerprint density at radius 3 is 2.31 bits per heavy atom. The molecule has 10 heteroatoms. The first-order valence-corrected chi connectivity index (χ1v) is 5.19. The molecule has 0 unspecified atom stereocenters. The highest BCUT2D eigenvalue weighted by atomic mass is 32.2. The maximum absolute atomic E-state index is 13.0. The van der Waals surface area contributed by atoms with Crippen molar-refractivity contribution in [1.29, 1.82) is 0 Å². The molecule has 1 aromatic carbocycles. The number of hydrogen-bond donors (Lipinski definition) is 2. The minimum Gasteiger partial charge on any atom is -0.268 e. The van der Waals surface area contributed by atoms with Gasteiger partial charge in [-0.15, -0.1) is 0 Å². The van der Waals surface area contributed by atoms with Crippen LogP contribution in [0, 0.1) is 21.7 Å². The molecule has 7 nitrogen and oxygen atoms in total. The van der Waals surface area contributed by atoms with E-state index in [4.69, 9.17) is 0 Å². The third-order valence-corrected chi connectivity index (χ3v) is 1.99. The topological polar surface area (TPSA) is 115 Å². The summed E-state index contributed by atoms with van der Waals surface area (Å²) in [7, 11) is -4.29. The van der Waals surface area contributed by atoms with Crippen LogP contribution < -0.4 is 9.86 Å². The smallest absolute Gasteiger partial charge is 0.268 e. The molecule has 88 valence electrons. The number of halogens is 2. The van der Waals surface area contributed by atoms with Gasteiger partial charge in [-0.25, -0.2) is 9.53 Å². The fourth-order valence-corrected chi connectivity index (χ4v) is 1.37. The van der Waals surface area contributed by atoms with Crippen molar-refractivity contribution in [2.75, 3.05) is 4.72 Å². The van der Waals surface area contributed by atoms with Gasteiger partial charge >= 0.3 is 5.69 Å². The fourth-order valence-electron chi connectivity index (χ4n) is 0.909. The molecule has 0 saturated carbocycles. The van der Waals surface area contributed by atoms with Crippen LogP contribution in [0.25, 0.3) is 0 Å². The molecule has 0 spiro atoms. The summed E-state index contributed by atoms with van der Waals surface area (Å²) in [6, 6.07) is 0.584. The van der Waals surface area contributed by atoms with Crippen molar-refractivity contribution in [3.63, 3.8) is 0 Å². The Labute approximate surface area is 88.2 Å². The van der Waals surface area contributed by atoms with E-state index in [1.54, 1.807) is 0 Å². The van der Waals surface area contributed by atoms with Gasteiger partial charge in [0.25, 0.3) is 10.2 Å². The number of rotatable bonds is 3. The molecule has 0 aromatic heterocycles. The zero-order valence-electron chi connectivity index (χ0n) is 7.48. The molecule has 0 amide bonds. The second-order valence-corrected chi connectivity index (χ2v) is 3.98. The Morgan fingerprint density at radius 1 is 1.31 bits per heavy atom. The lowest BCUT2D eigenvalue weighted by Gasteiger charge is -2.04. The summed E-state index contributed by atoms with van der Waals surface area (Å²) in [6.07, 6.45) is 0. The van der Waals surface area contributed by atoms with Gasteiger partial charge in [-0.05, 0) is 0 Å². The standard InChI is InChI=1S/C6H5F2N3O4S/c7-3-1-4(8)6(11(12)13)2-5(3)10-16(9,14)15/h1-2,10H,(H2,9,14,15). The first kappa shape index (κ1) is 12.3. The van der Waals surface area contributed by atoms with Gasteiger partial charge in [0.05, 0.1) is 10.6 Å². The highest BCUT2D eigenvalue weighted by Crippen LogP contribution is 2.25. The van der Waals surface area contributed by atoms with E-state index in [9.17, 15) is 27.3 Å². The number of nitrogens with one attached hydrogen (secondary N) is 1. The van der Waals surface area contributed by atoms with Crippen molar-refractivity contribution in [2.24, 2.45) is 5.14 Å². The number of nitro benzene ring substituents is 1. The van der Waals surface area contributed by atoms with E-state index >= 15 is 0 Å². The number of hydrogen-bond acceptors (Lipinski definition) is 4. The van der Waals surface area contributed by atoms with Gasteiger partial charge < -0.3 is 0 Å². The zero-order chi connectivity index (χ0) is 12.5. The van der Waals surface area contributed by atoms with Crippen LogP contribution in [0.3, 0.4) is 0 Å². The molecule has 0 fully saturated rings. The van der Waals surface area contributed by atoms with Gasteiger partial charge in [-0.2, -0.15) is 12.8 Å². The van der Waals surface area contributed by atoms with Crippen molar-refractivity contribution in [3.8, 4) is 0 Å². The monoisotopic (exact) mass is 253 g/mol. The summed E-state index contributed by atoms with van der Waals surface area (Å²) in [6.45, 7) is 0. The van der Waals surface area contributed by atoms with Crippen LogP contribution in [0.2, 0.25) is 0 Å². The van der Waals surface area contributed by atoms with Crippen LogP contribution in [0.1, 0.15) is 0 Å². The van der Waals surface area contributed by atoms with Crippen molar-refractivity contribution < 1.29 is 22.1 Å². The lowest BCUT2D eigenvalue weighted by atomic mass is 10.2. The van der Waals surface area contributed by atoms with Crippen LogP contribution in [-0.2, 0) is 10.2 Å². The Balaban J connectivity index is 3.31. The predicted molar refractivity (Wildman–Crippen MR) is 49.7 cm³/mol. The molecule has 0 aliphatic carbocycles. The Morgan fingerprint density at radius 2 is 1.88 bits per heavy atom. The molecule has 0 atom stereocenters. The Kier molecular flexibility index (Phi) is 3.05. The van der Waals surface area contributed by atoms with Crippen LogP contribution in [-0.4, -0.2) is 13.3 Å². The average molecular weight is 253 g/mol. The molecule has 0 radical (unpaired) electrons. The average Bonchev–Trinajstić information content (AvgIpc) is 2.07. The summed E-state index contributed by atoms with van der Waals surface area (Å²) >= 11 is 0. The summed E-state index contributed by atoms with van der Waals surface area (Å²) < 4.78 is 48.4. The number of nitrogens with zero attached hydrogens (tertiary/aromatic N) is 1. The highest BCUT2D eigenvalue weighted by Gasteiger charge is 2.20. The second kappa shape index (κ2) is 3.98. The number of anilines is 1. The summed E-state index contributed by atoms with van der Waals surface area (Å²) in [4.78, 5) is 9.16. The first-order chi connectivity index (χ1) is 7.20. The van der Waals surface area contributed by atoms with Crippen molar-refractivity contribution in [2.45, 2.75) is 0 Å². The molecular formula is C6H5F2N3O4S. The van der Waals surface area contributed by atoms with E-state index in [0.717, 1.165) is 0 Å². The Hall–Kier alpha value is -1.81. The van der Waals surface area contributed by atoms with Gasteiger partial charge in [-0.3, -0.25) is 14.8 Å². The second-order valence-electron chi connectivity index (χ2n) is 2.69. The SMILES string of the molecule is NS(=O)(=O)Nc1cc([N+](=O)[O-])c(F)cc1F. The number of nitrogens with two attached hydrogens (primary N) is 1. The summed E-state index contributed by atoms with van der Waals surface area (Å²) in [5, 5.41) is 14.8. The third kappa shape index (κ3) is 2.84. The molecule has 1 aromatic rings. The van der Waals surface area contributed by atoms with Crippen molar-refractivity contribution in [3.05, 3.63) is 33.9 Å². The van der Waals surface area contributed by atoms with E-state index in [0.29, 0.717) is 6.07 Å². The predicted octanol–water partition coefficient (Wildman–Crippen LogP) is 0.488. The molecule has 0 aliphatic heterocycles. The van der Waals surface area contributed by atoms with E-state index in [-0.39, 0.29) is 6.07 Å². The lowest BCUT2D eigenvalue weighted by Crippen LogP contribution is -2.22. The molecular weight excluding hydrogens is 248 g/mol. The Bertz CT molecular complexity index is 545. The van der Waals surface area contributed by atoms with Gasteiger partial charge in [0, 0.05) is 12.1 Å². The molecule has 0 bridgehead atoms. The molecule has 0 aliphatic rings. The summed E-state index contributed by atoms with van der Waals surface area (Å²) in [5.74, 6) is -2.72. The van der Waals surface area contributed by atoms with E-state index in [1.165, 1.54) is 4.72 Å². The van der Waals surface area contributed by atoms with E-state index < -0.39 is 38.1 Å². The highest BCUT2D eigenvalue weighted by molar-refractivity contribution is 7.90. The van der Waals surface area contributed by atoms with Gasteiger partial charge in [0.15, 0.2) is 5.82 Å². The molecule has 3 N–H and O–H groups in total. The van der Waals surface area contributed by atoms with E-state index in [2.05, 4.69) is 5.14 Å². The number of nitro groups is 1. The quantitative estimate of drug-likeness (QED) is 0.602. The van der Waals surface area contributed by atoms with Crippen LogP contribution in [0.5, 0.6) is 0 Å². The van der Waals surface area contributed by atoms with Crippen molar-refractivity contribution >= 4 is 21.6 Å². The van der Waals surface area contributed by atoms with E-state index in [1.807, 2.05) is 0 Å². The molecule has 0 saturated heterocycles. The van der Waals surface area contributed by atoms with Crippen molar-refractivity contribution in [1.82, 2.24) is 0 Å². The minimum absolute atomic E-state index is 0.186. The fraction of sp³-hybridized carbons (Fsp3) is 0. The molecule has 0 heterocycles. The lowest BCUT2D eigenvalue weighted by molar-refractivity contribution is -0.387. The molecule has 1 rings (SSSR count). The van der Waals surface area contributed by atoms with Crippen LogP contribution in [0.4, 0.5) is 20.2 Å². The third-order valence-electron chi connectivity index (χ3n) is 1.49. The van der Waals surface area contributed by atoms with Gasteiger partial charge in [0.1, 0.15) is 0 Å². The number of benzene rings is 1. The largest absolute Gasteiger partial charge is 0.307 e. The maximum atomic E-state index is 13.0.